The highest BCUT2D eigenvalue weighted by Crippen LogP contribution is 2.41. The van der Waals surface area contributed by atoms with Gasteiger partial charge in [-0.1, -0.05) is 18.6 Å². The Morgan fingerprint density at radius 1 is 1.08 bits per heavy atom. The smallest absolute Gasteiger partial charge is 0.136 e. The number of hydrogen-bond donors (Lipinski definition) is 0. The highest BCUT2D eigenvalue weighted by atomic mass is 16.1. The molecule has 1 heteroatoms. The van der Waals surface area contributed by atoms with E-state index in [0.29, 0.717) is 17.6 Å². The maximum absolute atomic E-state index is 11.6. The third kappa shape index (κ3) is 1.21. The number of Topliss-reactive ketones (excluding diaryl/α,β-unsaturated/α-hetero) is 1. The first kappa shape index (κ1) is 8.03. The van der Waals surface area contributed by atoms with Gasteiger partial charge in [0.25, 0.3) is 0 Å². The first-order valence-corrected chi connectivity index (χ1v) is 4.99. The molecule has 66 valence electrons. The van der Waals surface area contributed by atoms with E-state index in [2.05, 4.69) is 6.58 Å². The zero-order valence-electron chi connectivity index (χ0n) is 7.51. The summed E-state index contributed by atoms with van der Waals surface area (Å²) in [5.74, 6) is 1.43. The molecule has 0 aromatic heterocycles. The molecule has 2 atom stereocenters. The number of hydrogen-bond acceptors (Lipinski definition) is 1. The molecule has 2 saturated carbocycles. The quantitative estimate of drug-likeness (QED) is 0.503. The molecule has 1 nitrogen and oxygen atoms in total. The van der Waals surface area contributed by atoms with Crippen LogP contribution in [0, 0.1) is 11.8 Å². The molecule has 2 aliphatic rings. The molecule has 0 saturated heterocycles. The first-order chi connectivity index (χ1) is 5.79. The fourth-order valence-corrected chi connectivity index (χ4v) is 2.65. The van der Waals surface area contributed by atoms with Crippen molar-refractivity contribution in [1.29, 1.82) is 0 Å². The van der Waals surface area contributed by atoms with Crippen LogP contribution in [-0.2, 0) is 4.79 Å². The van der Waals surface area contributed by atoms with Crippen LogP contribution >= 0.6 is 0 Å². The van der Waals surface area contributed by atoms with E-state index in [0.717, 1.165) is 25.7 Å². The summed E-state index contributed by atoms with van der Waals surface area (Å²) in [6.45, 7) is 4.06. The van der Waals surface area contributed by atoms with Crippen molar-refractivity contribution in [2.24, 2.45) is 11.8 Å². The summed E-state index contributed by atoms with van der Waals surface area (Å²) in [6.07, 6.45) is 6.57. The summed E-state index contributed by atoms with van der Waals surface area (Å²) in [4.78, 5) is 11.6. The Hall–Kier alpha value is -0.590. The summed E-state index contributed by atoms with van der Waals surface area (Å²) in [5, 5.41) is 0. The Morgan fingerprint density at radius 2 is 1.92 bits per heavy atom. The molecule has 0 N–H and O–H groups in total. The molecule has 0 aliphatic heterocycles. The van der Waals surface area contributed by atoms with Crippen molar-refractivity contribution in [2.75, 3.05) is 0 Å². The normalized spacial score (nSPS) is 36.3. The number of ketones is 1. The van der Waals surface area contributed by atoms with Crippen LogP contribution in [-0.4, -0.2) is 5.78 Å². The van der Waals surface area contributed by atoms with Crippen LogP contribution in [0.5, 0.6) is 0 Å². The second-order valence-electron chi connectivity index (χ2n) is 4.12. The second-order valence-corrected chi connectivity index (χ2v) is 4.12. The molecule has 2 rings (SSSR count). The topological polar surface area (TPSA) is 17.1 Å². The summed E-state index contributed by atoms with van der Waals surface area (Å²) >= 11 is 0. The molecule has 2 aliphatic carbocycles. The second kappa shape index (κ2) is 3.04. The van der Waals surface area contributed by atoms with Crippen LogP contribution in [0.15, 0.2) is 12.2 Å². The van der Waals surface area contributed by atoms with Gasteiger partial charge in [-0.15, -0.1) is 0 Å². The number of carbonyl (C=O) groups is 1. The molecule has 0 amide bonds. The van der Waals surface area contributed by atoms with Crippen molar-refractivity contribution in [1.82, 2.24) is 0 Å². The van der Waals surface area contributed by atoms with Crippen molar-refractivity contribution in [2.45, 2.75) is 38.5 Å². The van der Waals surface area contributed by atoms with Gasteiger partial charge in [0.05, 0.1) is 0 Å². The average molecular weight is 164 g/mol. The van der Waals surface area contributed by atoms with Gasteiger partial charge in [-0.3, -0.25) is 4.79 Å². The predicted octanol–water partition coefficient (Wildman–Crippen LogP) is 2.71. The molecule has 0 radical (unpaired) electrons. The summed E-state index contributed by atoms with van der Waals surface area (Å²) in [6, 6.07) is 0. The van der Waals surface area contributed by atoms with Gasteiger partial charge in [-0.25, -0.2) is 0 Å². The Morgan fingerprint density at radius 3 is 2.75 bits per heavy atom. The van der Waals surface area contributed by atoms with Gasteiger partial charge in [0.15, 0.2) is 0 Å². The van der Waals surface area contributed by atoms with Gasteiger partial charge < -0.3 is 0 Å². The molecule has 2 fully saturated rings. The largest absolute Gasteiger partial charge is 0.299 e. The van der Waals surface area contributed by atoms with Crippen LogP contribution in [0.3, 0.4) is 0 Å². The van der Waals surface area contributed by atoms with Crippen molar-refractivity contribution in [3.05, 3.63) is 12.2 Å². The van der Waals surface area contributed by atoms with E-state index >= 15 is 0 Å². The van der Waals surface area contributed by atoms with Crippen LogP contribution in [0.2, 0.25) is 0 Å². The Labute approximate surface area is 73.8 Å². The molecule has 0 heterocycles. The zero-order valence-corrected chi connectivity index (χ0v) is 7.51. The van der Waals surface area contributed by atoms with Gasteiger partial charge >= 0.3 is 0 Å². The van der Waals surface area contributed by atoms with E-state index in [1.54, 1.807) is 0 Å². The van der Waals surface area contributed by atoms with E-state index in [1.165, 1.54) is 18.4 Å². The fourth-order valence-electron chi connectivity index (χ4n) is 2.65. The van der Waals surface area contributed by atoms with Gasteiger partial charge in [-0.2, -0.15) is 0 Å². The highest BCUT2D eigenvalue weighted by Gasteiger charge is 2.35. The van der Waals surface area contributed by atoms with Gasteiger partial charge in [0, 0.05) is 12.3 Å². The highest BCUT2D eigenvalue weighted by molar-refractivity contribution is 5.82. The molecule has 0 unspecified atom stereocenters. The van der Waals surface area contributed by atoms with E-state index in [4.69, 9.17) is 0 Å². The van der Waals surface area contributed by atoms with E-state index in [9.17, 15) is 4.79 Å². The van der Waals surface area contributed by atoms with Gasteiger partial charge in [0.2, 0.25) is 0 Å². The third-order valence-electron chi connectivity index (χ3n) is 3.39. The monoisotopic (exact) mass is 164 g/mol. The lowest BCUT2D eigenvalue weighted by Crippen LogP contribution is -2.16. The van der Waals surface area contributed by atoms with Crippen molar-refractivity contribution in [3.63, 3.8) is 0 Å². The van der Waals surface area contributed by atoms with Gasteiger partial charge in [0.1, 0.15) is 5.78 Å². The van der Waals surface area contributed by atoms with E-state index in [-0.39, 0.29) is 0 Å². The van der Waals surface area contributed by atoms with E-state index in [1.807, 2.05) is 0 Å². The van der Waals surface area contributed by atoms with Crippen LogP contribution in [0.1, 0.15) is 38.5 Å². The number of fused-ring (bicyclic) bond motifs is 1. The standard InChI is InChI=1S/C11H16O/c1-8-6-7-10-9(8)4-2-3-5-11(10)12/h9-10H,1-7H2/t9-,10-/m0/s1. The Balaban J connectivity index is 2.18. The number of allylic oxidation sites excluding steroid dienone is 1. The van der Waals surface area contributed by atoms with Crippen LogP contribution in [0.25, 0.3) is 0 Å². The number of carbonyl (C=O) groups excluding carboxylic acids is 1. The third-order valence-corrected chi connectivity index (χ3v) is 3.39. The maximum Gasteiger partial charge on any atom is 0.136 e. The molecule has 0 aromatic carbocycles. The van der Waals surface area contributed by atoms with E-state index < -0.39 is 0 Å². The number of rotatable bonds is 0. The lowest BCUT2D eigenvalue weighted by Gasteiger charge is -2.14. The molecule has 12 heavy (non-hydrogen) atoms. The Bertz CT molecular complexity index is 217. The lowest BCUT2D eigenvalue weighted by atomic mass is 9.89. The predicted molar refractivity (Wildman–Crippen MR) is 48.8 cm³/mol. The first-order valence-electron chi connectivity index (χ1n) is 4.99. The lowest BCUT2D eigenvalue weighted by molar-refractivity contribution is -0.123. The molecular weight excluding hydrogens is 148 g/mol. The molecule has 0 aromatic rings. The zero-order chi connectivity index (χ0) is 8.55. The van der Waals surface area contributed by atoms with Crippen molar-refractivity contribution in [3.8, 4) is 0 Å². The van der Waals surface area contributed by atoms with Crippen LogP contribution in [0.4, 0.5) is 0 Å². The maximum atomic E-state index is 11.6. The minimum Gasteiger partial charge on any atom is -0.299 e. The summed E-state index contributed by atoms with van der Waals surface area (Å²) in [7, 11) is 0. The SMILES string of the molecule is C=C1CC[C@@H]2C(=O)CCCC[C@@H]12. The summed E-state index contributed by atoms with van der Waals surface area (Å²) in [5.41, 5.74) is 1.34. The molecule has 0 spiro atoms. The van der Waals surface area contributed by atoms with Crippen molar-refractivity contribution < 1.29 is 4.79 Å². The fraction of sp³-hybridized carbons (Fsp3) is 0.727. The minimum absolute atomic E-state index is 0.361. The minimum atomic E-state index is 0.361. The molecule has 0 bridgehead atoms. The van der Waals surface area contributed by atoms with Crippen LogP contribution < -0.4 is 0 Å². The molecular formula is C11H16O. The Kier molecular flexibility index (Phi) is 2.03. The average Bonchev–Trinajstić information content (AvgIpc) is 2.30. The van der Waals surface area contributed by atoms with Crippen molar-refractivity contribution >= 4 is 5.78 Å². The van der Waals surface area contributed by atoms with Gasteiger partial charge in [-0.05, 0) is 31.6 Å². The summed E-state index contributed by atoms with van der Waals surface area (Å²) < 4.78 is 0.